The van der Waals surface area contributed by atoms with Gasteiger partial charge in [-0.3, -0.25) is 9.78 Å². The molecule has 1 saturated carbocycles. The number of hydrogen-bond acceptors (Lipinski definition) is 5. The summed E-state index contributed by atoms with van der Waals surface area (Å²) in [6.07, 6.45) is 8.14. The first kappa shape index (κ1) is 17.0. The Kier molecular flexibility index (Phi) is 5.50. The molecule has 6 nitrogen and oxygen atoms in total. The minimum absolute atomic E-state index is 0.0838. The standard InChI is InChI=1S/C17H23N5OS/c1-3-22-15(13-7-6-10-18-11-13)20-21-17(22)24-12(2)16(23)19-14-8-4-5-9-14/h6-7,10-12,14H,3-5,8-9H2,1-2H3,(H,19,23). The third-order valence-electron chi connectivity index (χ3n) is 4.31. The van der Waals surface area contributed by atoms with Gasteiger partial charge in [0, 0.05) is 30.5 Å². The van der Waals surface area contributed by atoms with E-state index in [1.54, 1.807) is 12.4 Å². The van der Waals surface area contributed by atoms with Crippen molar-refractivity contribution in [3.8, 4) is 11.4 Å². The normalized spacial score (nSPS) is 16.2. The molecule has 128 valence electrons. The summed E-state index contributed by atoms with van der Waals surface area (Å²) in [5, 5.41) is 12.3. The van der Waals surface area contributed by atoms with Crippen LogP contribution in [0.5, 0.6) is 0 Å². The van der Waals surface area contributed by atoms with E-state index >= 15 is 0 Å². The molecule has 0 aromatic carbocycles. The van der Waals surface area contributed by atoms with Crippen LogP contribution >= 0.6 is 11.8 Å². The Bertz CT molecular complexity index is 682. The Balaban J connectivity index is 1.70. The molecule has 1 unspecified atom stereocenters. The topological polar surface area (TPSA) is 72.7 Å². The van der Waals surface area contributed by atoms with Gasteiger partial charge in [-0.25, -0.2) is 0 Å². The average molecular weight is 345 g/mol. The summed E-state index contributed by atoms with van der Waals surface area (Å²) in [6, 6.07) is 4.19. The molecule has 0 radical (unpaired) electrons. The number of amides is 1. The second-order valence-corrected chi connectivity index (χ2v) is 7.35. The number of carbonyl (C=O) groups excluding carboxylic acids is 1. The Morgan fingerprint density at radius 3 is 2.88 bits per heavy atom. The number of hydrogen-bond donors (Lipinski definition) is 1. The molecule has 0 saturated heterocycles. The summed E-state index contributed by atoms with van der Waals surface area (Å²) >= 11 is 1.46. The minimum Gasteiger partial charge on any atom is -0.352 e. The van der Waals surface area contributed by atoms with Crippen molar-refractivity contribution < 1.29 is 4.79 Å². The van der Waals surface area contributed by atoms with Crippen molar-refractivity contribution in [1.29, 1.82) is 0 Å². The van der Waals surface area contributed by atoms with Gasteiger partial charge in [0.05, 0.1) is 5.25 Å². The highest BCUT2D eigenvalue weighted by Crippen LogP contribution is 2.27. The number of nitrogens with one attached hydrogen (secondary N) is 1. The summed E-state index contributed by atoms with van der Waals surface area (Å²) in [5.41, 5.74) is 0.932. The lowest BCUT2D eigenvalue weighted by molar-refractivity contribution is -0.120. The van der Waals surface area contributed by atoms with Crippen LogP contribution in [-0.2, 0) is 11.3 Å². The first-order valence-corrected chi connectivity index (χ1v) is 9.37. The molecule has 0 spiro atoms. The molecule has 1 aliphatic carbocycles. The van der Waals surface area contributed by atoms with E-state index in [1.165, 1.54) is 24.6 Å². The lowest BCUT2D eigenvalue weighted by Gasteiger charge is -2.16. The molecule has 2 aromatic rings. The quantitative estimate of drug-likeness (QED) is 0.815. The first-order chi connectivity index (χ1) is 11.7. The van der Waals surface area contributed by atoms with Crippen LogP contribution in [0.4, 0.5) is 0 Å². The molecule has 24 heavy (non-hydrogen) atoms. The van der Waals surface area contributed by atoms with E-state index in [9.17, 15) is 4.79 Å². The summed E-state index contributed by atoms with van der Waals surface area (Å²) in [7, 11) is 0. The molecule has 2 heterocycles. The molecule has 1 N–H and O–H groups in total. The van der Waals surface area contributed by atoms with E-state index in [-0.39, 0.29) is 11.2 Å². The van der Waals surface area contributed by atoms with Crippen LogP contribution in [-0.4, -0.2) is 36.9 Å². The monoisotopic (exact) mass is 345 g/mol. The number of nitrogens with zero attached hydrogens (tertiary/aromatic N) is 4. The van der Waals surface area contributed by atoms with E-state index in [4.69, 9.17) is 0 Å². The van der Waals surface area contributed by atoms with E-state index in [2.05, 4.69) is 27.4 Å². The largest absolute Gasteiger partial charge is 0.352 e. The number of aromatic nitrogens is 4. The van der Waals surface area contributed by atoms with Gasteiger partial charge in [0.1, 0.15) is 0 Å². The summed E-state index contributed by atoms with van der Waals surface area (Å²) in [5.74, 6) is 0.872. The third kappa shape index (κ3) is 3.77. The summed E-state index contributed by atoms with van der Waals surface area (Å²) < 4.78 is 2.03. The van der Waals surface area contributed by atoms with Crippen molar-refractivity contribution in [3.05, 3.63) is 24.5 Å². The highest BCUT2D eigenvalue weighted by molar-refractivity contribution is 8.00. The maximum absolute atomic E-state index is 12.4. The second-order valence-electron chi connectivity index (χ2n) is 6.04. The van der Waals surface area contributed by atoms with Gasteiger partial charge in [-0.05, 0) is 38.8 Å². The van der Waals surface area contributed by atoms with E-state index in [1.807, 2.05) is 23.6 Å². The molecule has 0 aliphatic heterocycles. The zero-order chi connectivity index (χ0) is 16.9. The molecule has 7 heteroatoms. The van der Waals surface area contributed by atoms with Crippen molar-refractivity contribution >= 4 is 17.7 Å². The van der Waals surface area contributed by atoms with E-state index in [0.29, 0.717) is 6.04 Å². The van der Waals surface area contributed by atoms with E-state index in [0.717, 1.165) is 35.9 Å². The molecule has 1 amide bonds. The van der Waals surface area contributed by atoms with Gasteiger partial charge < -0.3 is 9.88 Å². The van der Waals surface area contributed by atoms with Gasteiger partial charge in [-0.2, -0.15) is 0 Å². The Labute approximate surface area is 146 Å². The number of thioether (sulfide) groups is 1. The van der Waals surface area contributed by atoms with Crippen LogP contribution < -0.4 is 5.32 Å². The van der Waals surface area contributed by atoms with Crippen LogP contribution in [0.15, 0.2) is 29.7 Å². The van der Waals surface area contributed by atoms with Gasteiger partial charge in [0.15, 0.2) is 11.0 Å². The Hall–Kier alpha value is -1.89. The van der Waals surface area contributed by atoms with Crippen molar-refractivity contribution in [2.75, 3.05) is 0 Å². The lowest BCUT2D eigenvalue weighted by atomic mass is 10.2. The zero-order valence-electron chi connectivity index (χ0n) is 14.1. The van der Waals surface area contributed by atoms with Crippen LogP contribution in [0.3, 0.4) is 0 Å². The van der Waals surface area contributed by atoms with Gasteiger partial charge in [-0.15, -0.1) is 10.2 Å². The second kappa shape index (κ2) is 7.79. The molecule has 3 rings (SSSR count). The minimum atomic E-state index is -0.193. The highest BCUT2D eigenvalue weighted by atomic mass is 32.2. The molecular formula is C17H23N5OS. The summed E-state index contributed by atoms with van der Waals surface area (Å²) in [6.45, 7) is 4.72. The molecule has 2 aromatic heterocycles. The molecular weight excluding hydrogens is 322 g/mol. The van der Waals surface area contributed by atoms with Crippen LogP contribution in [0.1, 0.15) is 39.5 Å². The summed E-state index contributed by atoms with van der Waals surface area (Å²) in [4.78, 5) is 16.5. The van der Waals surface area contributed by atoms with Crippen molar-refractivity contribution in [2.24, 2.45) is 0 Å². The fourth-order valence-corrected chi connectivity index (χ4v) is 3.89. The average Bonchev–Trinajstić information content (AvgIpc) is 3.25. The maximum atomic E-state index is 12.4. The van der Waals surface area contributed by atoms with Gasteiger partial charge in [0.2, 0.25) is 5.91 Å². The molecule has 1 atom stereocenters. The van der Waals surface area contributed by atoms with Crippen molar-refractivity contribution in [2.45, 2.75) is 62.5 Å². The van der Waals surface area contributed by atoms with Crippen molar-refractivity contribution in [1.82, 2.24) is 25.1 Å². The number of carbonyl (C=O) groups is 1. The maximum Gasteiger partial charge on any atom is 0.233 e. The fourth-order valence-electron chi connectivity index (χ4n) is 2.97. The zero-order valence-corrected chi connectivity index (χ0v) is 14.9. The predicted molar refractivity (Wildman–Crippen MR) is 94.6 cm³/mol. The van der Waals surface area contributed by atoms with Crippen molar-refractivity contribution in [3.63, 3.8) is 0 Å². The lowest BCUT2D eigenvalue weighted by Crippen LogP contribution is -2.37. The van der Waals surface area contributed by atoms with Crippen LogP contribution in [0, 0.1) is 0 Å². The van der Waals surface area contributed by atoms with Gasteiger partial charge >= 0.3 is 0 Å². The van der Waals surface area contributed by atoms with Crippen LogP contribution in [0.25, 0.3) is 11.4 Å². The third-order valence-corrected chi connectivity index (χ3v) is 5.39. The van der Waals surface area contributed by atoms with Gasteiger partial charge in [0.25, 0.3) is 0 Å². The van der Waals surface area contributed by atoms with Crippen LogP contribution in [0.2, 0.25) is 0 Å². The predicted octanol–water partition coefficient (Wildman–Crippen LogP) is 2.90. The first-order valence-electron chi connectivity index (χ1n) is 8.49. The molecule has 1 fully saturated rings. The Morgan fingerprint density at radius 1 is 1.42 bits per heavy atom. The van der Waals surface area contributed by atoms with Gasteiger partial charge in [-0.1, -0.05) is 24.6 Å². The smallest absolute Gasteiger partial charge is 0.233 e. The van der Waals surface area contributed by atoms with E-state index < -0.39 is 0 Å². The molecule has 0 bridgehead atoms. The fraction of sp³-hybridized carbons (Fsp3) is 0.529. The SMILES string of the molecule is CCn1c(SC(C)C(=O)NC2CCCC2)nnc1-c1cccnc1. The number of rotatable bonds is 6. The molecule has 1 aliphatic rings. The number of pyridine rings is 1. The Morgan fingerprint density at radius 2 is 2.21 bits per heavy atom. The highest BCUT2D eigenvalue weighted by Gasteiger charge is 2.23.